The molecular formula is C19H25BrFNO5S. The number of carboxylic acids is 1. The van der Waals surface area contributed by atoms with Crippen LogP contribution in [0.5, 0.6) is 5.75 Å². The standard InChI is InChI=1S/C19H25BrFNO5S/c20-17-11-14(21)5-6-18(17)27-15-7-9-22(10-8-15)28(25,26)12-16(19(23)24)13-3-1-2-4-13/h5-6,11,13,15-16H,1-4,7-10,12H2,(H,23,24). The van der Waals surface area contributed by atoms with Gasteiger partial charge in [0, 0.05) is 13.1 Å². The Hall–Kier alpha value is -1.19. The molecule has 1 aliphatic heterocycles. The van der Waals surface area contributed by atoms with E-state index >= 15 is 0 Å². The number of aliphatic carboxylic acids is 1. The van der Waals surface area contributed by atoms with E-state index < -0.39 is 21.9 Å². The van der Waals surface area contributed by atoms with Crippen molar-refractivity contribution in [2.75, 3.05) is 18.8 Å². The van der Waals surface area contributed by atoms with Crippen LogP contribution in [-0.4, -0.2) is 48.7 Å². The lowest BCUT2D eigenvalue weighted by Gasteiger charge is -2.32. The minimum Gasteiger partial charge on any atom is -0.489 e. The van der Waals surface area contributed by atoms with Crippen LogP contribution >= 0.6 is 15.9 Å². The van der Waals surface area contributed by atoms with Crippen LogP contribution in [0.25, 0.3) is 0 Å². The maximum Gasteiger partial charge on any atom is 0.307 e. The van der Waals surface area contributed by atoms with Crippen LogP contribution in [0.1, 0.15) is 38.5 Å². The van der Waals surface area contributed by atoms with Crippen molar-refractivity contribution in [1.29, 1.82) is 0 Å². The lowest BCUT2D eigenvalue weighted by Crippen LogP contribution is -2.45. The van der Waals surface area contributed by atoms with Crippen LogP contribution in [-0.2, 0) is 14.8 Å². The number of hydrogen-bond acceptors (Lipinski definition) is 4. The Morgan fingerprint density at radius 2 is 1.89 bits per heavy atom. The molecule has 28 heavy (non-hydrogen) atoms. The summed E-state index contributed by atoms with van der Waals surface area (Å²) < 4.78 is 46.5. The van der Waals surface area contributed by atoms with Gasteiger partial charge in [-0.05, 0) is 65.7 Å². The van der Waals surface area contributed by atoms with Crippen molar-refractivity contribution < 1.29 is 27.4 Å². The molecule has 1 aliphatic carbocycles. The first-order valence-electron chi connectivity index (χ1n) is 9.58. The molecule has 0 spiro atoms. The molecular weight excluding hydrogens is 453 g/mol. The molecule has 0 amide bonds. The van der Waals surface area contributed by atoms with Crippen molar-refractivity contribution in [2.45, 2.75) is 44.6 Å². The summed E-state index contributed by atoms with van der Waals surface area (Å²) in [4.78, 5) is 11.6. The predicted octanol–water partition coefficient (Wildman–Crippen LogP) is 3.65. The lowest BCUT2D eigenvalue weighted by atomic mass is 9.93. The number of rotatable bonds is 7. The summed E-state index contributed by atoms with van der Waals surface area (Å²) in [6, 6.07) is 4.18. The lowest BCUT2D eigenvalue weighted by molar-refractivity contribution is -0.142. The molecule has 0 radical (unpaired) electrons. The summed E-state index contributed by atoms with van der Waals surface area (Å²) in [5.74, 6) is -2.08. The van der Waals surface area contributed by atoms with E-state index in [1.165, 1.54) is 16.4 Å². The molecule has 3 rings (SSSR count). The highest BCUT2D eigenvalue weighted by Crippen LogP contribution is 2.33. The Morgan fingerprint density at radius 1 is 1.25 bits per heavy atom. The van der Waals surface area contributed by atoms with Gasteiger partial charge in [-0.1, -0.05) is 12.8 Å². The number of ether oxygens (including phenoxy) is 1. The summed E-state index contributed by atoms with van der Waals surface area (Å²) >= 11 is 3.26. The third-order valence-corrected chi connectivity index (χ3v) is 8.21. The molecule has 9 heteroatoms. The number of piperidine rings is 1. The molecule has 1 heterocycles. The molecule has 1 saturated heterocycles. The SMILES string of the molecule is O=C(O)C(CS(=O)(=O)N1CCC(Oc2ccc(F)cc2Br)CC1)C1CCCC1. The number of hydrogen-bond donors (Lipinski definition) is 1. The van der Waals surface area contributed by atoms with Gasteiger partial charge in [-0.25, -0.2) is 17.1 Å². The van der Waals surface area contributed by atoms with E-state index in [0.717, 1.165) is 25.7 Å². The van der Waals surface area contributed by atoms with Gasteiger partial charge in [0.2, 0.25) is 10.0 Å². The molecule has 6 nitrogen and oxygen atoms in total. The Labute approximate surface area is 173 Å². The highest BCUT2D eigenvalue weighted by Gasteiger charge is 2.37. The van der Waals surface area contributed by atoms with E-state index in [9.17, 15) is 22.7 Å². The number of nitrogens with zero attached hydrogens (tertiary/aromatic N) is 1. The average molecular weight is 478 g/mol. The second kappa shape index (κ2) is 9.09. The molecule has 1 unspecified atom stereocenters. The molecule has 1 saturated carbocycles. The second-order valence-electron chi connectivity index (χ2n) is 7.56. The zero-order valence-electron chi connectivity index (χ0n) is 15.5. The number of carboxylic acid groups (broad SMARTS) is 1. The quantitative estimate of drug-likeness (QED) is 0.647. The second-order valence-corrected chi connectivity index (χ2v) is 10.4. The molecule has 0 bridgehead atoms. The van der Waals surface area contributed by atoms with Gasteiger partial charge >= 0.3 is 5.97 Å². The summed E-state index contributed by atoms with van der Waals surface area (Å²) in [6.45, 7) is 0.589. The molecule has 1 aromatic rings. The zero-order valence-corrected chi connectivity index (χ0v) is 17.9. The average Bonchev–Trinajstić information content (AvgIpc) is 3.17. The van der Waals surface area contributed by atoms with E-state index in [1.807, 2.05) is 0 Å². The Kier molecular flexibility index (Phi) is 6.98. The zero-order chi connectivity index (χ0) is 20.3. The molecule has 1 aromatic carbocycles. The Morgan fingerprint density at radius 3 is 2.46 bits per heavy atom. The third-order valence-electron chi connectivity index (χ3n) is 5.66. The van der Waals surface area contributed by atoms with E-state index in [4.69, 9.17) is 4.74 Å². The van der Waals surface area contributed by atoms with Gasteiger partial charge in [-0.2, -0.15) is 0 Å². The van der Waals surface area contributed by atoms with Crippen molar-refractivity contribution in [2.24, 2.45) is 11.8 Å². The Bertz CT molecular complexity index is 805. The van der Waals surface area contributed by atoms with Gasteiger partial charge in [-0.3, -0.25) is 4.79 Å². The summed E-state index contributed by atoms with van der Waals surface area (Å²) in [5.41, 5.74) is 0. The first-order valence-corrected chi connectivity index (χ1v) is 12.0. The number of benzene rings is 1. The fourth-order valence-corrected chi connectivity index (χ4v) is 6.37. The normalized spacial score (nSPS) is 20.9. The molecule has 156 valence electrons. The number of carbonyl (C=O) groups is 1. The van der Waals surface area contributed by atoms with Crippen LogP contribution in [0, 0.1) is 17.7 Å². The number of halogens is 2. The fraction of sp³-hybridized carbons (Fsp3) is 0.632. The smallest absolute Gasteiger partial charge is 0.307 e. The first-order chi connectivity index (χ1) is 13.3. The van der Waals surface area contributed by atoms with Crippen molar-refractivity contribution in [3.05, 3.63) is 28.5 Å². The maximum atomic E-state index is 13.2. The van der Waals surface area contributed by atoms with Crippen molar-refractivity contribution in [3.63, 3.8) is 0 Å². The first kappa shape index (κ1) is 21.5. The van der Waals surface area contributed by atoms with Crippen LogP contribution < -0.4 is 4.74 Å². The summed E-state index contributed by atoms with van der Waals surface area (Å²) in [5, 5.41) is 9.51. The maximum absolute atomic E-state index is 13.2. The number of sulfonamides is 1. The highest BCUT2D eigenvalue weighted by molar-refractivity contribution is 9.10. The summed E-state index contributed by atoms with van der Waals surface area (Å²) in [6.07, 6.45) is 4.35. The van der Waals surface area contributed by atoms with Gasteiger partial charge in [0.25, 0.3) is 0 Å². The van der Waals surface area contributed by atoms with Gasteiger partial charge in [0.1, 0.15) is 17.7 Å². The molecule has 1 N–H and O–H groups in total. The topological polar surface area (TPSA) is 83.9 Å². The van der Waals surface area contributed by atoms with Gasteiger partial charge < -0.3 is 9.84 Å². The van der Waals surface area contributed by atoms with Crippen LogP contribution in [0.4, 0.5) is 4.39 Å². The molecule has 2 fully saturated rings. The van der Waals surface area contributed by atoms with Gasteiger partial charge in [0.15, 0.2) is 0 Å². The molecule has 0 aromatic heterocycles. The minimum absolute atomic E-state index is 0.0519. The fourth-order valence-electron chi connectivity index (χ4n) is 4.08. The molecule has 1 atom stereocenters. The highest BCUT2D eigenvalue weighted by atomic mass is 79.9. The Balaban J connectivity index is 1.57. The van der Waals surface area contributed by atoms with E-state index in [1.54, 1.807) is 6.07 Å². The predicted molar refractivity (Wildman–Crippen MR) is 106 cm³/mol. The van der Waals surface area contributed by atoms with Gasteiger partial charge in [0.05, 0.1) is 16.1 Å². The summed E-state index contributed by atoms with van der Waals surface area (Å²) in [7, 11) is -3.64. The monoisotopic (exact) mass is 477 g/mol. The van der Waals surface area contributed by atoms with Crippen molar-refractivity contribution in [3.8, 4) is 5.75 Å². The minimum atomic E-state index is -3.64. The van der Waals surface area contributed by atoms with Crippen LogP contribution in [0.2, 0.25) is 0 Å². The van der Waals surface area contributed by atoms with E-state index in [0.29, 0.717) is 36.2 Å². The largest absolute Gasteiger partial charge is 0.489 e. The van der Waals surface area contributed by atoms with E-state index in [2.05, 4.69) is 15.9 Å². The van der Waals surface area contributed by atoms with Crippen molar-refractivity contribution >= 4 is 31.9 Å². The molecule has 2 aliphatic rings. The third kappa shape index (κ3) is 5.24. The van der Waals surface area contributed by atoms with Crippen LogP contribution in [0.15, 0.2) is 22.7 Å². The van der Waals surface area contributed by atoms with Crippen molar-refractivity contribution in [1.82, 2.24) is 4.31 Å². The van der Waals surface area contributed by atoms with Gasteiger partial charge in [-0.15, -0.1) is 0 Å². The van der Waals surface area contributed by atoms with Crippen LogP contribution in [0.3, 0.4) is 0 Å². The van der Waals surface area contributed by atoms with E-state index in [-0.39, 0.29) is 23.6 Å².